The predicted octanol–water partition coefficient (Wildman–Crippen LogP) is 2.98. The standard InChI is InChI=1S/C17H22N2O2/c1-2-9-19-15-8-4-3-7-14(15)18-17(19)11-16(20)13-6-5-10-21-12-13/h3-4,7-8,13H,2,5-6,9-12H2,1H3. The van der Waals surface area contributed by atoms with Crippen molar-refractivity contribution >= 4 is 16.8 Å². The maximum Gasteiger partial charge on any atom is 0.145 e. The zero-order chi connectivity index (χ0) is 14.7. The molecule has 0 amide bonds. The Morgan fingerprint density at radius 1 is 1.43 bits per heavy atom. The van der Waals surface area contributed by atoms with Gasteiger partial charge in [0.2, 0.25) is 0 Å². The Morgan fingerprint density at radius 2 is 2.29 bits per heavy atom. The van der Waals surface area contributed by atoms with Crippen molar-refractivity contribution < 1.29 is 9.53 Å². The molecule has 3 rings (SSSR count). The van der Waals surface area contributed by atoms with Gasteiger partial charge in [-0.15, -0.1) is 0 Å². The number of Topliss-reactive ketones (excluding diaryl/α,β-unsaturated/α-hetero) is 1. The summed E-state index contributed by atoms with van der Waals surface area (Å²) < 4.78 is 7.62. The lowest BCUT2D eigenvalue weighted by Crippen LogP contribution is -2.27. The lowest BCUT2D eigenvalue weighted by Gasteiger charge is -2.20. The molecule has 2 aromatic rings. The first-order valence-electron chi connectivity index (χ1n) is 7.84. The molecule has 1 aliphatic heterocycles. The topological polar surface area (TPSA) is 44.1 Å². The molecule has 112 valence electrons. The lowest BCUT2D eigenvalue weighted by atomic mass is 9.95. The van der Waals surface area contributed by atoms with Gasteiger partial charge in [-0.1, -0.05) is 19.1 Å². The number of carbonyl (C=O) groups excluding carboxylic acids is 1. The Kier molecular flexibility index (Phi) is 4.34. The highest BCUT2D eigenvalue weighted by Crippen LogP contribution is 2.20. The van der Waals surface area contributed by atoms with Crippen molar-refractivity contribution in [1.82, 2.24) is 9.55 Å². The summed E-state index contributed by atoms with van der Waals surface area (Å²) >= 11 is 0. The van der Waals surface area contributed by atoms with Gasteiger partial charge < -0.3 is 9.30 Å². The zero-order valence-electron chi connectivity index (χ0n) is 12.5. The predicted molar refractivity (Wildman–Crippen MR) is 82.3 cm³/mol. The number of ether oxygens (including phenoxy) is 1. The maximum atomic E-state index is 12.5. The quantitative estimate of drug-likeness (QED) is 0.848. The second-order valence-corrected chi connectivity index (χ2v) is 5.73. The Morgan fingerprint density at radius 3 is 3.05 bits per heavy atom. The smallest absolute Gasteiger partial charge is 0.145 e. The monoisotopic (exact) mass is 286 g/mol. The minimum atomic E-state index is 0.0497. The number of para-hydroxylation sites is 2. The number of imidazole rings is 1. The molecule has 1 aromatic carbocycles. The first-order chi connectivity index (χ1) is 10.3. The number of rotatable bonds is 5. The van der Waals surface area contributed by atoms with Crippen LogP contribution < -0.4 is 0 Å². The minimum Gasteiger partial charge on any atom is -0.381 e. The van der Waals surface area contributed by atoms with Crippen molar-refractivity contribution in [1.29, 1.82) is 0 Å². The van der Waals surface area contributed by atoms with E-state index in [-0.39, 0.29) is 11.7 Å². The van der Waals surface area contributed by atoms with Crippen molar-refractivity contribution in [3.63, 3.8) is 0 Å². The Labute approximate surface area is 125 Å². The summed E-state index contributed by atoms with van der Waals surface area (Å²) in [6, 6.07) is 8.11. The molecule has 0 aliphatic carbocycles. The van der Waals surface area contributed by atoms with Crippen LogP contribution in [-0.2, 0) is 22.5 Å². The zero-order valence-corrected chi connectivity index (χ0v) is 12.5. The average molecular weight is 286 g/mol. The number of aromatic nitrogens is 2. The van der Waals surface area contributed by atoms with Crippen LogP contribution in [0.25, 0.3) is 11.0 Å². The van der Waals surface area contributed by atoms with Crippen LogP contribution >= 0.6 is 0 Å². The molecule has 1 aromatic heterocycles. The van der Waals surface area contributed by atoms with Gasteiger partial charge in [-0.25, -0.2) is 4.98 Å². The number of hydrogen-bond acceptors (Lipinski definition) is 3. The molecule has 2 heterocycles. The number of nitrogens with zero attached hydrogens (tertiary/aromatic N) is 2. The van der Waals surface area contributed by atoms with Crippen LogP contribution in [-0.4, -0.2) is 28.5 Å². The highest BCUT2D eigenvalue weighted by molar-refractivity contribution is 5.84. The Bertz CT molecular complexity index is 627. The van der Waals surface area contributed by atoms with E-state index >= 15 is 0 Å². The SMILES string of the molecule is CCCn1c(CC(=O)C2CCCOC2)nc2ccccc21. The summed E-state index contributed by atoms with van der Waals surface area (Å²) in [5.74, 6) is 1.21. The molecule has 1 atom stereocenters. The van der Waals surface area contributed by atoms with Crippen molar-refractivity contribution in [3.8, 4) is 0 Å². The molecule has 4 nitrogen and oxygen atoms in total. The van der Waals surface area contributed by atoms with E-state index in [1.165, 1.54) is 0 Å². The van der Waals surface area contributed by atoms with Gasteiger partial charge in [0.25, 0.3) is 0 Å². The van der Waals surface area contributed by atoms with E-state index < -0.39 is 0 Å². The maximum absolute atomic E-state index is 12.5. The van der Waals surface area contributed by atoms with E-state index in [0.29, 0.717) is 13.0 Å². The van der Waals surface area contributed by atoms with Gasteiger partial charge in [-0.3, -0.25) is 4.79 Å². The van der Waals surface area contributed by atoms with E-state index in [4.69, 9.17) is 4.74 Å². The third-order valence-electron chi connectivity index (χ3n) is 4.13. The molecule has 1 aliphatic rings. The summed E-state index contributed by atoms with van der Waals surface area (Å²) in [5.41, 5.74) is 2.11. The third kappa shape index (κ3) is 3.00. The van der Waals surface area contributed by atoms with Crippen molar-refractivity contribution in [3.05, 3.63) is 30.1 Å². The number of hydrogen-bond donors (Lipinski definition) is 0. The summed E-state index contributed by atoms with van der Waals surface area (Å²) in [6.07, 6.45) is 3.39. The molecule has 4 heteroatoms. The van der Waals surface area contributed by atoms with Crippen molar-refractivity contribution in [2.24, 2.45) is 5.92 Å². The molecule has 0 radical (unpaired) electrons. The molecule has 0 saturated carbocycles. The van der Waals surface area contributed by atoms with Gasteiger partial charge in [-0.05, 0) is 31.4 Å². The largest absolute Gasteiger partial charge is 0.381 e. The Hall–Kier alpha value is -1.68. The molecular weight excluding hydrogens is 264 g/mol. The van der Waals surface area contributed by atoms with Gasteiger partial charge in [0.05, 0.1) is 24.1 Å². The van der Waals surface area contributed by atoms with Crippen LogP contribution in [0.3, 0.4) is 0 Å². The summed E-state index contributed by atoms with van der Waals surface area (Å²) in [7, 11) is 0. The fraction of sp³-hybridized carbons (Fsp3) is 0.529. The van der Waals surface area contributed by atoms with Crippen LogP contribution in [0, 0.1) is 5.92 Å². The molecule has 1 unspecified atom stereocenters. The number of ketones is 1. The summed E-state index contributed by atoms with van der Waals surface area (Å²) in [6.45, 7) is 4.42. The van der Waals surface area contributed by atoms with Crippen molar-refractivity contribution in [2.75, 3.05) is 13.2 Å². The van der Waals surface area contributed by atoms with Gasteiger partial charge in [0, 0.05) is 19.1 Å². The summed E-state index contributed by atoms with van der Waals surface area (Å²) in [4.78, 5) is 17.1. The first-order valence-corrected chi connectivity index (χ1v) is 7.84. The normalized spacial score (nSPS) is 19.0. The van der Waals surface area contributed by atoms with E-state index in [2.05, 4.69) is 22.5 Å². The first kappa shape index (κ1) is 14.3. The van der Waals surface area contributed by atoms with Crippen LogP contribution in [0.15, 0.2) is 24.3 Å². The number of fused-ring (bicyclic) bond motifs is 1. The van der Waals surface area contributed by atoms with E-state index in [1.54, 1.807) is 0 Å². The van der Waals surface area contributed by atoms with Crippen LogP contribution in [0.1, 0.15) is 32.0 Å². The van der Waals surface area contributed by atoms with Gasteiger partial charge in [-0.2, -0.15) is 0 Å². The van der Waals surface area contributed by atoms with Crippen LogP contribution in [0.5, 0.6) is 0 Å². The number of benzene rings is 1. The average Bonchev–Trinajstić information content (AvgIpc) is 2.86. The molecule has 0 N–H and O–H groups in total. The van der Waals surface area contributed by atoms with Crippen LogP contribution in [0.2, 0.25) is 0 Å². The molecule has 1 saturated heterocycles. The van der Waals surface area contributed by atoms with Crippen LogP contribution in [0.4, 0.5) is 0 Å². The fourth-order valence-electron chi connectivity index (χ4n) is 3.03. The second kappa shape index (κ2) is 6.39. The minimum absolute atomic E-state index is 0.0497. The number of carbonyl (C=O) groups is 1. The second-order valence-electron chi connectivity index (χ2n) is 5.73. The van der Waals surface area contributed by atoms with E-state index in [0.717, 1.165) is 49.3 Å². The molecule has 0 bridgehead atoms. The van der Waals surface area contributed by atoms with E-state index in [1.807, 2.05) is 18.2 Å². The highest BCUT2D eigenvalue weighted by Gasteiger charge is 2.23. The highest BCUT2D eigenvalue weighted by atomic mass is 16.5. The van der Waals surface area contributed by atoms with Gasteiger partial charge in [0.15, 0.2) is 0 Å². The van der Waals surface area contributed by atoms with Gasteiger partial charge in [0.1, 0.15) is 11.6 Å². The van der Waals surface area contributed by atoms with Crippen molar-refractivity contribution in [2.45, 2.75) is 39.2 Å². The molecule has 21 heavy (non-hydrogen) atoms. The molecule has 1 fully saturated rings. The number of aryl methyl sites for hydroxylation is 1. The summed E-state index contributed by atoms with van der Waals surface area (Å²) in [5, 5.41) is 0. The molecular formula is C17H22N2O2. The lowest BCUT2D eigenvalue weighted by molar-refractivity contribution is -0.126. The van der Waals surface area contributed by atoms with E-state index in [9.17, 15) is 4.79 Å². The van der Waals surface area contributed by atoms with Gasteiger partial charge >= 0.3 is 0 Å². The third-order valence-corrected chi connectivity index (χ3v) is 4.13. The fourth-order valence-corrected chi connectivity index (χ4v) is 3.03. The molecule has 0 spiro atoms. The Balaban J connectivity index is 1.85.